The van der Waals surface area contributed by atoms with E-state index in [9.17, 15) is 0 Å². The van der Waals surface area contributed by atoms with Crippen molar-refractivity contribution in [3.05, 3.63) is 0 Å². The molecular weight excluding hydrogens is 208 g/mol. The van der Waals surface area contributed by atoms with Gasteiger partial charge in [0.1, 0.15) is 0 Å². The van der Waals surface area contributed by atoms with E-state index < -0.39 is 0 Å². The first-order valence-electron chi connectivity index (χ1n) is 7.78. The van der Waals surface area contributed by atoms with Gasteiger partial charge >= 0.3 is 0 Å². The van der Waals surface area contributed by atoms with Crippen molar-refractivity contribution in [2.75, 3.05) is 19.6 Å². The number of rotatable bonds is 1. The van der Waals surface area contributed by atoms with E-state index in [0.717, 1.165) is 23.8 Å². The van der Waals surface area contributed by atoms with E-state index >= 15 is 0 Å². The lowest BCUT2D eigenvalue weighted by Crippen LogP contribution is -2.58. The monoisotopic (exact) mass is 234 g/mol. The Kier molecular flexibility index (Phi) is 2.52. The molecule has 2 heteroatoms. The standard InChI is InChI=1S/C15H26N2/c1-2-16-10-14(17-3-1)15-7-11-4-12(8-15)6-13(5-11)9-15/h11-14,16-17H,1-10H2. The molecule has 0 aromatic carbocycles. The Hall–Kier alpha value is -0.0800. The molecular formula is C15H26N2. The number of hydrogen-bond acceptors (Lipinski definition) is 2. The van der Waals surface area contributed by atoms with Gasteiger partial charge in [-0.25, -0.2) is 0 Å². The van der Waals surface area contributed by atoms with Crippen LogP contribution in [-0.2, 0) is 0 Å². The summed E-state index contributed by atoms with van der Waals surface area (Å²) in [5.41, 5.74) is 0.687. The highest BCUT2D eigenvalue weighted by Gasteiger charge is 2.53. The van der Waals surface area contributed by atoms with Gasteiger partial charge in [-0.15, -0.1) is 0 Å². The summed E-state index contributed by atoms with van der Waals surface area (Å²) >= 11 is 0. The van der Waals surface area contributed by atoms with Crippen LogP contribution in [0.1, 0.15) is 44.9 Å². The van der Waals surface area contributed by atoms with Crippen LogP contribution in [0.4, 0.5) is 0 Å². The summed E-state index contributed by atoms with van der Waals surface area (Å²) in [5, 5.41) is 7.54. The first-order valence-corrected chi connectivity index (χ1v) is 7.78. The van der Waals surface area contributed by atoms with Crippen molar-refractivity contribution in [1.29, 1.82) is 0 Å². The average Bonchev–Trinajstić information content (AvgIpc) is 2.55. The molecule has 0 radical (unpaired) electrons. The van der Waals surface area contributed by atoms with Crippen LogP contribution < -0.4 is 10.6 Å². The summed E-state index contributed by atoms with van der Waals surface area (Å²) in [6, 6.07) is 0.776. The molecule has 1 aliphatic heterocycles. The Labute approximate surface area is 105 Å². The van der Waals surface area contributed by atoms with Gasteiger partial charge in [0, 0.05) is 12.6 Å². The predicted octanol–water partition coefficient (Wildman–Crippen LogP) is 2.15. The van der Waals surface area contributed by atoms with Crippen LogP contribution in [0, 0.1) is 23.2 Å². The molecule has 17 heavy (non-hydrogen) atoms. The highest BCUT2D eigenvalue weighted by atomic mass is 15.0. The van der Waals surface area contributed by atoms with E-state index in [1.165, 1.54) is 26.1 Å². The molecule has 5 fully saturated rings. The normalized spacial score (nSPS) is 53.6. The fourth-order valence-electron chi connectivity index (χ4n) is 5.85. The van der Waals surface area contributed by atoms with Gasteiger partial charge in [-0.2, -0.15) is 0 Å². The second-order valence-electron chi connectivity index (χ2n) is 7.34. The fraction of sp³-hybridized carbons (Fsp3) is 1.00. The molecule has 0 aromatic heterocycles. The lowest BCUT2D eigenvalue weighted by atomic mass is 9.47. The van der Waals surface area contributed by atoms with E-state index in [0.29, 0.717) is 5.41 Å². The third-order valence-corrected chi connectivity index (χ3v) is 6.09. The van der Waals surface area contributed by atoms with Crippen LogP contribution in [0.15, 0.2) is 0 Å². The summed E-state index contributed by atoms with van der Waals surface area (Å²) in [5.74, 6) is 3.27. The Morgan fingerprint density at radius 1 is 0.824 bits per heavy atom. The molecule has 1 atom stereocenters. The molecule has 5 aliphatic rings. The zero-order valence-electron chi connectivity index (χ0n) is 10.9. The quantitative estimate of drug-likeness (QED) is 0.726. The Morgan fingerprint density at radius 3 is 2.12 bits per heavy atom. The molecule has 5 rings (SSSR count). The topological polar surface area (TPSA) is 24.1 Å². The van der Waals surface area contributed by atoms with Crippen LogP contribution >= 0.6 is 0 Å². The van der Waals surface area contributed by atoms with Crippen molar-refractivity contribution in [3.8, 4) is 0 Å². The predicted molar refractivity (Wildman–Crippen MR) is 69.9 cm³/mol. The molecule has 96 valence electrons. The van der Waals surface area contributed by atoms with Gasteiger partial charge in [0.2, 0.25) is 0 Å². The molecule has 1 heterocycles. The summed E-state index contributed by atoms with van der Waals surface area (Å²) in [4.78, 5) is 0. The summed E-state index contributed by atoms with van der Waals surface area (Å²) in [7, 11) is 0. The van der Waals surface area contributed by atoms with E-state index in [1.54, 1.807) is 38.5 Å². The third kappa shape index (κ3) is 1.76. The first-order chi connectivity index (χ1) is 8.34. The van der Waals surface area contributed by atoms with Crippen molar-refractivity contribution in [2.24, 2.45) is 23.2 Å². The second kappa shape index (κ2) is 3.96. The SMILES string of the molecule is C1CNCC(C23CC4CC(CC(C4)C2)C3)NC1. The van der Waals surface area contributed by atoms with Crippen molar-refractivity contribution in [1.82, 2.24) is 10.6 Å². The van der Waals surface area contributed by atoms with Gasteiger partial charge in [-0.3, -0.25) is 0 Å². The van der Waals surface area contributed by atoms with Gasteiger partial charge in [0.05, 0.1) is 0 Å². The lowest BCUT2D eigenvalue weighted by Gasteiger charge is -2.59. The van der Waals surface area contributed by atoms with Crippen LogP contribution in [0.25, 0.3) is 0 Å². The Bertz CT molecular complexity index is 256. The number of nitrogens with one attached hydrogen (secondary N) is 2. The molecule has 0 spiro atoms. The van der Waals surface area contributed by atoms with Crippen molar-refractivity contribution >= 4 is 0 Å². The Balaban J connectivity index is 1.58. The molecule has 0 amide bonds. The summed E-state index contributed by atoms with van der Waals surface area (Å²) < 4.78 is 0. The molecule has 0 aromatic rings. The minimum absolute atomic E-state index is 0.687. The van der Waals surface area contributed by atoms with Gasteiger partial charge < -0.3 is 10.6 Å². The average molecular weight is 234 g/mol. The first kappa shape index (κ1) is 10.8. The van der Waals surface area contributed by atoms with E-state index in [4.69, 9.17) is 0 Å². The van der Waals surface area contributed by atoms with Crippen molar-refractivity contribution < 1.29 is 0 Å². The molecule has 1 saturated heterocycles. The van der Waals surface area contributed by atoms with Gasteiger partial charge in [0.15, 0.2) is 0 Å². The molecule has 4 saturated carbocycles. The van der Waals surface area contributed by atoms with Gasteiger partial charge in [0.25, 0.3) is 0 Å². The van der Waals surface area contributed by atoms with Crippen LogP contribution in [-0.4, -0.2) is 25.7 Å². The molecule has 4 aliphatic carbocycles. The van der Waals surface area contributed by atoms with Crippen LogP contribution in [0.2, 0.25) is 0 Å². The Morgan fingerprint density at radius 2 is 1.47 bits per heavy atom. The highest BCUT2D eigenvalue weighted by Crippen LogP contribution is 2.61. The minimum atomic E-state index is 0.687. The van der Waals surface area contributed by atoms with Gasteiger partial charge in [-0.1, -0.05) is 0 Å². The maximum Gasteiger partial charge on any atom is 0.0249 e. The largest absolute Gasteiger partial charge is 0.315 e. The van der Waals surface area contributed by atoms with E-state index in [1.807, 2.05) is 0 Å². The number of hydrogen-bond donors (Lipinski definition) is 2. The smallest absolute Gasteiger partial charge is 0.0249 e. The van der Waals surface area contributed by atoms with Crippen molar-refractivity contribution in [3.63, 3.8) is 0 Å². The van der Waals surface area contributed by atoms with Crippen molar-refractivity contribution in [2.45, 2.75) is 51.0 Å². The maximum atomic E-state index is 3.88. The van der Waals surface area contributed by atoms with E-state index in [2.05, 4.69) is 10.6 Å². The molecule has 2 N–H and O–H groups in total. The maximum absolute atomic E-state index is 3.88. The van der Waals surface area contributed by atoms with Crippen LogP contribution in [0.5, 0.6) is 0 Å². The zero-order chi connectivity index (χ0) is 11.3. The minimum Gasteiger partial charge on any atom is -0.315 e. The summed E-state index contributed by atoms with van der Waals surface area (Å²) in [6.07, 6.45) is 10.6. The molecule has 4 bridgehead atoms. The lowest BCUT2D eigenvalue weighted by molar-refractivity contribution is -0.0722. The fourth-order valence-corrected chi connectivity index (χ4v) is 5.85. The second-order valence-corrected chi connectivity index (χ2v) is 7.34. The molecule has 2 nitrogen and oxygen atoms in total. The summed E-state index contributed by atoms with van der Waals surface area (Å²) in [6.45, 7) is 3.68. The van der Waals surface area contributed by atoms with Gasteiger partial charge in [-0.05, 0) is 81.2 Å². The zero-order valence-corrected chi connectivity index (χ0v) is 10.9. The highest BCUT2D eigenvalue weighted by molar-refractivity contribution is 5.06. The van der Waals surface area contributed by atoms with E-state index in [-0.39, 0.29) is 0 Å². The molecule has 1 unspecified atom stereocenters. The van der Waals surface area contributed by atoms with Crippen LogP contribution in [0.3, 0.4) is 0 Å². The third-order valence-electron chi connectivity index (χ3n) is 6.09.